The smallest absolute Gasteiger partial charge is 0.137 e. The number of methoxy groups -OCH3 is 1. The molecular formula is C15H14Cl2FNO. The molecule has 0 bridgehead atoms. The first-order valence-corrected chi connectivity index (χ1v) is 6.78. The Morgan fingerprint density at radius 3 is 2.50 bits per heavy atom. The SMILES string of the molecule is CNC(c1ccc(Cl)c(OC)c1)c1c(F)cccc1Cl. The van der Waals surface area contributed by atoms with Crippen LogP contribution in [0.2, 0.25) is 10.0 Å². The third kappa shape index (κ3) is 2.90. The molecule has 0 amide bonds. The van der Waals surface area contributed by atoms with E-state index in [4.69, 9.17) is 27.9 Å². The third-order valence-electron chi connectivity index (χ3n) is 3.09. The summed E-state index contributed by atoms with van der Waals surface area (Å²) in [4.78, 5) is 0. The zero-order chi connectivity index (χ0) is 14.7. The Labute approximate surface area is 127 Å². The van der Waals surface area contributed by atoms with Gasteiger partial charge in [-0.05, 0) is 36.9 Å². The monoisotopic (exact) mass is 313 g/mol. The molecule has 2 rings (SSSR count). The van der Waals surface area contributed by atoms with Crippen molar-refractivity contribution in [3.8, 4) is 5.75 Å². The molecule has 0 aliphatic heterocycles. The highest BCUT2D eigenvalue weighted by molar-refractivity contribution is 6.32. The number of hydrogen-bond acceptors (Lipinski definition) is 2. The van der Waals surface area contributed by atoms with E-state index in [1.807, 2.05) is 6.07 Å². The molecule has 0 saturated heterocycles. The molecule has 1 N–H and O–H groups in total. The second-order valence-electron chi connectivity index (χ2n) is 4.25. The van der Waals surface area contributed by atoms with Gasteiger partial charge < -0.3 is 10.1 Å². The van der Waals surface area contributed by atoms with E-state index in [2.05, 4.69) is 5.32 Å². The maximum Gasteiger partial charge on any atom is 0.137 e. The van der Waals surface area contributed by atoms with E-state index < -0.39 is 0 Å². The van der Waals surface area contributed by atoms with Gasteiger partial charge in [0.25, 0.3) is 0 Å². The van der Waals surface area contributed by atoms with Crippen molar-refractivity contribution in [1.82, 2.24) is 5.32 Å². The van der Waals surface area contributed by atoms with Crippen LogP contribution < -0.4 is 10.1 Å². The van der Waals surface area contributed by atoms with E-state index in [0.717, 1.165) is 5.56 Å². The summed E-state index contributed by atoms with van der Waals surface area (Å²) in [5.41, 5.74) is 1.22. The summed E-state index contributed by atoms with van der Waals surface area (Å²) in [5, 5.41) is 3.94. The molecule has 0 heterocycles. The van der Waals surface area contributed by atoms with Crippen LogP contribution in [-0.4, -0.2) is 14.2 Å². The molecule has 2 aromatic carbocycles. The van der Waals surface area contributed by atoms with Crippen molar-refractivity contribution < 1.29 is 9.13 Å². The summed E-state index contributed by atoms with van der Waals surface area (Å²) in [6.45, 7) is 0. The first-order chi connectivity index (χ1) is 9.58. The summed E-state index contributed by atoms with van der Waals surface area (Å²) in [7, 11) is 3.28. The molecule has 1 atom stereocenters. The fraction of sp³-hybridized carbons (Fsp3) is 0.200. The van der Waals surface area contributed by atoms with Crippen LogP contribution >= 0.6 is 23.2 Å². The quantitative estimate of drug-likeness (QED) is 0.900. The van der Waals surface area contributed by atoms with Gasteiger partial charge in [0.1, 0.15) is 11.6 Å². The predicted molar refractivity (Wildman–Crippen MR) is 80.3 cm³/mol. The molecule has 1 unspecified atom stereocenters. The van der Waals surface area contributed by atoms with E-state index in [-0.39, 0.29) is 11.9 Å². The molecule has 0 saturated carbocycles. The van der Waals surface area contributed by atoms with Gasteiger partial charge in [0, 0.05) is 10.6 Å². The lowest BCUT2D eigenvalue weighted by Crippen LogP contribution is -2.19. The molecule has 2 aromatic rings. The van der Waals surface area contributed by atoms with Gasteiger partial charge in [0.15, 0.2) is 0 Å². The van der Waals surface area contributed by atoms with Crippen molar-refractivity contribution in [3.63, 3.8) is 0 Å². The lowest BCUT2D eigenvalue weighted by atomic mass is 9.98. The summed E-state index contributed by atoms with van der Waals surface area (Å²) < 4.78 is 19.2. The van der Waals surface area contributed by atoms with Crippen LogP contribution in [-0.2, 0) is 0 Å². The van der Waals surface area contributed by atoms with Gasteiger partial charge in [-0.25, -0.2) is 4.39 Å². The zero-order valence-corrected chi connectivity index (χ0v) is 12.6. The van der Waals surface area contributed by atoms with Crippen LogP contribution in [0, 0.1) is 5.82 Å². The Balaban J connectivity index is 2.53. The molecule has 0 spiro atoms. The highest BCUT2D eigenvalue weighted by atomic mass is 35.5. The lowest BCUT2D eigenvalue weighted by Gasteiger charge is -2.20. The average molecular weight is 314 g/mol. The molecule has 20 heavy (non-hydrogen) atoms. The molecule has 2 nitrogen and oxygen atoms in total. The normalized spacial score (nSPS) is 12.2. The second kappa shape index (κ2) is 6.44. The fourth-order valence-corrected chi connectivity index (χ4v) is 2.59. The number of hydrogen-bond donors (Lipinski definition) is 1. The molecule has 0 aromatic heterocycles. The fourth-order valence-electron chi connectivity index (χ4n) is 2.12. The minimum absolute atomic E-state index is 0.356. The summed E-state index contributed by atoms with van der Waals surface area (Å²) in [6.07, 6.45) is 0. The summed E-state index contributed by atoms with van der Waals surface area (Å²) in [6, 6.07) is 9.55. The maximum absolute atomic E-state index is 14.1. The van der Waals surface area contributed by atoms with Gasteiger partial charge in [0.05, 0.1) is 18.2 Å². The predicted octanol–water partition coefficient (Wildman–Crippen LogP) is 4.45. The minimum Gasteiger partial charge on any atom is -0.495 e. The number of nitrogens with one attached hydrogen (secondary N) is 1. The second-order valence-corrected chi connectivity index (χ2v) is 5.07. The van der Waals surface area contributed by atoms with Crippen molar-refractivity contribution in [2.24, 2.45) is 0 Å². The summed E-state index contributed by atoms with van der Waals surface area (Å²) in [5.74, 6) is 0.183. The van der Waals surface area contributed by atoms with Crippen molar-refractivity contribution in [2.45, 2.75) is 6.04 Å². The Kier molecular flexibility index (Phi) is 4.86. The standard InChI is InChI=1S/C15H14Cl2FNO/c1-19-15(14-11(17)4-3-5-12(14)18)9-6-7-10(16)13(8-9)20-2/h3-8,15,19H,1-2H3. The Bertz CT molecular complexity index is 599. The van der Waals surface area contributed by atoms with E-state index in [0.29, 0.717) is 21.4 Å². The lowest BCUT2D eigenvalue weighted by molar-refractivity contribution is 0.414. The molecule has 5 heteroatoms. The number of halogens is 3. The Morgan fingerprint density at radius 2 is 1.90 bits per heavy atom. The van der Waals surface area contributed by atoms with E-state index in [1.54, 1.807) is 31.3 Å². The van der Waals surface area contributed by atoms with Gasteiger partial charge in [-0.3, -0.25) is 0 Å². The van der Waals surface area contributed by atoms with Crippen molar-refractivity contribution in [3.05, 3.63) is 63.4 Å². The maximum atomic E-state index is 14.1. The van der Waals surface area contributed by atoms with E-state index in [1.165, 1.54) is 13.2 Å². The minimum atomic E-state index is -0.380. The molecule has 0 aliphatic carbocycles. The first-order valence-electron chi connectivity index (χ1n) is 6.03. The van der Waals surface area contributed by atoms with E-state index in [9.17, 15) is 4.39 Å². The van der Waals surface area contributed by atoms with Crippen molar-refractivity contribution in [1.29, 1.82) is 0 Å². The van der Waals surface area contributed by atoms with Gasteiger partial charge in [-0.2, -0.15) is 0 Å². The molecule has 0 radical (unpaired) electrons. The van der Waals surface area contributed by atoms with Crippen LogP contribution in [0.5, 0.6) is 5.75 Å². The largest absolute Gasteiger partial charge is 0.495 e. The van der Waals surface area contributed by atoms with Crippen LogP contribution in [0.1, 0.15) is 17.2 Å². The van der Waals surface area contributed by atoms with Crippen LogP contribution in [0.3, 0.4) is 0 Å². The summed E-state index contributed by atoms with van der Waals surface area (Å²) >= 11 is 12.1. The average Bonchev–Trinajstić information content (AvgIpc) is 2.44. The first kappa shape index (κ1) is 15.1. The van der Waals surface area contributed by atoms with Crippen LogP contribution in [0.15, 0.2) is 36.4 Å². The number of benzene rings is 2. The zero-order valence-electron chi connectivity index (χ0n) is 11.1. The molecular weight excluding hydrogens is 300 g/mol. The highest BCUT2D eigenvalue weighted by Gasteiger charge is 2.20. The van der Waals surface area contributed by atoms with Gasteiger partial charge >= 0.3 is 0 Å². The molecule has 0 aliphatic rings. The van der Waals surface area contributed by atoms with Gasteiger partial charge in [0.2, 0.25) is 0 Å². The number of ether oxygens (including phenoxy) is 1. The number of rotatable bonds is 4. The van der Waals surface area contributed by atoms with Crippen molar-refractivity contribution >= 4 is 23.2 Å². The van der Waals surface area contributed by atoms with Gasteiger partial charge in [-0.1, -0.05) is 35.3 Å². The topological polar surface area (TPSA) is 21.3 Å². The van der Waals surface area contributed by atoms with Crippen LogP contribution in [0.25, 0.3) is 0 Å². The Hall–Kier alpha value is -1.29. The Morgan fingerprint density at radius 1 is 1.15 bits per heavy atom. The highest BCUT2D eigenvalue weighted by Crippen LogP contribution is 2.34. The van der Waals surface area contributed by atoms with Gasteiger partial charge in [-0.15, -0.1) is 0 Å². The molecule has 0 fully saturated rings. The third-order valence-corrected chi connectivity index (χ3v) is 3.73. The molecule has 106 valence electrons. The van der Waals surface area contributed by atoms with Crippen molar-refractivity contribution in [2.75, 3.05) is 14.2 Å². The van der Waals surface area contributed by atoms with Crippen LogP contribution in [0.4, 0.5) is 4.39 Å². The van der Waals surface area contributed by atoms with E-state index >= 15 is 0 Å².